The number of ether oxygens (including phenoxy) is 3. The largest absolute Gasteiger partial charge is 0.420 e. The minimum absolute atomic E-state index is 0.0115. The van der Waals surface area contributed by atoms with E-state index in [1.165, 1.54) is 0 Å². The molecule has 1 amide bonds. The first-order valence-corrected chi connectivity index (χ1v) is 12.0. The minimum atomic E-state index is -5.35. The van der Waals surface area contributed by atoms with Gasteiger partial charge in [-0.05, 0) is 49.2 Å². The molecule has 0 bridgehead atoms. The summed E-state index contributed by atoms with van der Waals surface area (Å²) >= 11 is 0. The number of amides is 1. The smallest absolute Gasteiger partial charge is 0.409 e. The second kappa shape index (κ2) is 13.1. The Morgan fingerprint density at radius 2 is 1.85 bits per heavy atom. The Labute approximate surface area is 225 Å². The van der Waals surface area contributed by atoms with E-state index in [1.807, 2.05) is 0 Å². The molecule has 1 saturated heterocycles. The summed E-state index contributed by atoms with van der Waals surface area (Å²) in [5, 5.41) is 0. The standard InChI is InChI=1S/C26H26F7N3O4/c1-36(19-6-4-18(27)5-7-19)24(37)40-23-21(11-17(25(28,29)30)12-22(23)26(31,32)33)16(13-34)14-35-8-10-38-15-20-3-2-9-39-20/h4-7,11-14,20H,2-3,8-10,15,34H2,1H3/b16-13+,35-14?. The number of nitrogens with zero attached hydrogens (tertiary/aromatic N) is 2. The van der Waals surface area contributed by atoms with Gasteiger partial charge in [0.25, 0.3) is 0 Å². The van der Waals surface area contributed by atoms with Crippen LogP contribution in [-0.4, -0.2) is 51.8 Å². The lowest BCUT2D eigenvalue weighted by Crippen LogP contribution is -2.30. The van der Waals surface area contributed by atoms with Crippen LogP contribution in [-0.2, 0) is 21.8 Å². The van der Waals surface area contributed by atoms with Crippen LogP contribution in [0.25, 0.3) is 5.57 Å². The van der Waals surface area contributed by atoms with E-state index < -0.39 is 46.7 Å². The summed E-state index contributed by atoms with van der Waals surface area (Å²) < 4.78 is 112. The average Bonchev–Trinajstić information content (AvgIpc) is 3.41. The maximum absolute atomic E-state index is 14.0. The van der Waals surface area contributed by atoms with Crippen LogP contribution in [0.4, 0.5) is 41.2 Å². The molecule has 1 atom stereocenters. The number of hydrogen-bond acceptors (Lipinski definition) is 6. The zero-order valence-corrected chi connectivity index (χ0v) is 21.2. The summed E-state index contributed by atoms with van der Waals surface area (Å²) in [4.78, 5) is 17.5. The second-order valence-corrected chi connectivity index (χ2v) is 8.67. The van der Waals surface area contributed by atoms with Gasteiger partial charge in [-0.3, -0.25) is 9.89 Å². The first-order valence-electron chi connectivity index (χ1n) is 12.0. The fourth-order valence-corrected chi connectivity index (χ4v) is 3.73. The molecule has 14 heteroatoms. The van der Waals surface area contributed by atoms with E-state index in [9.17, 15) is 35.5 Å². The Bertz CT molecular complexity index is 1220. The van der Waals surface area contributed by atoms with Crippen molar-refractivity contribution in [2.75, 3.05) is 38.3 Å². The lowest BCUT2D eigenvalue weighted by Gasteiger charge is -2.22. The van der Waals surface area contributed by atoms with Gasteiger partial charge in [0.2, 0.25) is 0 Å². The van der Waals surface area contributed by atoms with Crippen molar-refractivity contribution in [2.45, 2.75) is 31.3 Å². The molecule has 3 rings (SSSR count). The van der Waals surface area contributed by atoms with Crippen molar-refractivity contribution in [1.29, 1.82) is 0 Å². The van der Waals surface area contributed by atoms with E-state index in [0.29, 0.717) is 19.3 Å². The molecule has 7 nitrogen and oxygen atoms in total. The molecule has 1 aliphatic heterocycles. The summed E-state index contributed by atoms with van der Waals surface area (Å²) in [5.74, 6) is -1.85. The molecule has 218 valence electrons. The highest BCUT2D eigenvalue weighted by Crippen LogP contribution is 2.44. The molecule has 0 aliphatic carbocycles. The molecule has 2 aromatic rings. The van der Waals surface area contributed by atoms with Gasteiger partial charge < -0.3 is 19.9 Å². The van der Waals surface area contributed by atoms with Gasteiger partial charge in [0, 0.05) is 42.9 Å². The van der Waals surface area contributed by atoms with Crippen molar-refractivity contribution in [3.8, 4) is 5.75 Å². The molecule has 1 heterocycles. The summed E-state index contributed by atoms with van der Waals surface area (Å²) in [5.41, 5.74) is 0.969. The van der Waals surface area contributed by atoms with Crippen LogP contribution in [0, 0.1) is 5.82 Å². The van der Waals surface area contributed by atoms with Gasteiger partial charge in [0.15, 0.2) is 5.75 Å². The number of nitrogens with two attached hydrogens (primary N) is 1. The molecule has 1 aliphatic rings. The van der Waals surface area contributed by atoms with E-state index in [1.54, 1.807) is 0 Å². The van der Waals surface area contributed by atoms with Crippen LogP contribution in [0.1, 0.15) is 29.5 Å². The zero-order valence-electron chi connectivity index (χ0n) is 21.2. The third kappa shape index (κ3) is 8.18. The molecule has 1 fully saturated rings. The van der Waals surface area contributed by atoms with E-state index in [4.69, 9.17) is 19.9 Å². The van der Waals surface area contributed by atoms with Gasteiger partial charge in [-0.15, -0.1) is 0 Å². The summed E-state index contributed by atoms with van der Waals surface area (Å²) in [6.45, 7) is 1.08. The van der Waals surface area contributed by atoms with Gasteiger partial charge in [-0.25, -0.2) is 9.18 Å². The van der Waals surface area contributed by atoms with Crippen molar-refractivity contribution in [3.05, 3.63) is 65.1 Å². The number of halogens is 7. The van der Waals surface area contributed by atoms with Crippen LogP contribution in [0.2, 0.25) is 0 Å². The average molecular weight is 577 g/mol. The van der Waals surface area contributed by atoms with E-state index in [-0.39, 0.29) is 36.6 Å². The number of rotatable bonds is 9. The highest BCUT2D eigenvalue weighted by Gasteiger charge is 2.41. The highest BCUT2D eigenvalue weighted by atomic mass is 19.4. The second-order valence-electron chi connectivity index (χ2n) is 8.67. The molecular formula is C26H26F7N3O4. The molecule has 40 heavy (non-hydrogen) atoms. The number of benzene rings is 2. The third-order valence-electron chi connectivity index (χ3n) is 5.81. The lowest BCUT2D eigenvalue weighted by atomic mass is 9.98. The van der Waals surface area contributed by atoms with E-state index in [2.05, 4.69) is 4.99 Å². The molecular weight excluding hydrogens is 551 g/mol. The Kier molecular flexibility index (Phi) is 10.1. The Morgan fingerprint density at radius 3 is 2.42 bits per heavy atom. The fourth-order valence-electron chi connectivity index (χ4n) is 3.73. The first-order chi connectivity index (χ1) is 18.8. The van der Waals surface area contributed by atoms with Gasteiger partial charge in [0.05, 0.1) is 37.0 Å². The monoisotopic (exact) mass is 577 g/mol. The van der Waals surface area contributed by atoms with Crippen LogP contribution in [0.5, 0.6) is 5.75 Å². The fraction of sp³-hybridized carbons (Fsp3) is 0.385. The van der Waals surface area contributed by atoms with Crippen molar-refractivity contribution >= 4 is 23.6 Å². The molecule has 0 radical (unpaired) electrons. The molecule has 1 unspecified atom stereocenters. The molecule has 0 aromatic heterocycles. The van der Waals surface area contributed by atoms with Crippen molar-refractivity contribution in [2.24, 2.45) is 10.7 Å². The number of carbonyl (C=O) groups excluding carboxylic acids is 1. The predicted molar refractivity (Wildman–Crippen MR) is 133 cm³/mol. The first kappa shape index (κ1) is 30.9. The maximum atomic E-state index is 14.0. The van der Waals surface area contributed by atoms with E-state index in [0.717, 1.165) is 61.5 Å². The van der Waals surface area contributed by atoms with Gasteiger partial charge in [0.1, 0.15) is 5.82 Å². The Hall–Kier alpha value is -3.65. The number of aliphatic imine (C=N–C) groups is 1. The summed E-state index contributed by atoms with van der Waals surface area (Å²) in [6.07, 6.45) is -8.48. The number of carbonyl (C=O) groups is 1. The Morgan fingerprint density at radius 1 is 1.15 bits per heavy atom. The van der Waals surface area contributed by atoms with E-state index >= 15 is 0 Å². The van der Waals surface area contributed by atoms with Gasteiger partial charge in [-0.1, -0.05) is 0 Å². The zero-order chi connectivity index (χ0) is 29.5. The summed E-state index contributed by atoms with van der Waals surface area (Å²) in [7, 11) is 1.13. The number of alkyl halides is 6. The van der Waals surface area contributed by atoms with Gasteiger partial charge in [-0.2, -0.15) is 26.3 Å². The molecule has 0 saturated carbocycles. The van der Waals surface area contributed by atoms with Crippen LogP contribution >= 0.6 is 0 Å². The maximum Gasteiger partial charge on any atom is 0.420 e. The molecule has 2 N–H and O–H groups in total. The number of allylic oxidation sites excluding steroid dienone is 1. The Balaban J connectivity index is 1.93. The van der Waals surface area contributed by atoms with Crippen LogP contribution < -0.4 is 15.4 Å². The van der Waals surface area contributed by atoms with Crippen molar-refractivity contribution in [1.82, 2.24) is 0 Å². The van der Waals surface area contributed by atoms with Gasteiger partial charge >= 0.3 is 18.4 Å². The minimum Gasteiger partial charge on any atom is -0.409 e. The van der Waals surface area contributed by atoms with Crippen molar-refractivity contribution < 1.29 is 49.7 Å². The lowest BCUT2D eigenvalue weighted by molar-refractivity contribution is -0.143. The third-order valence-corrected chi connectivity index (χ3v) is 5.81. The number of anilines is 1. The summed E-state index contributed by atoms with van der Waals surface area (Å²) in [6, 6.07) is 4.55. The number of hydrogen-bond donors (Lipinski definition) is 1. The predicted octanol–water partition coefficient (Wildman–Crippen LogP) is 6.06. The molecule has 2 aromatic carbocycles. The van der Waals surface area contributed by atoms with Crippen molar-refractivity contribution in [3.63, 3.8) is 0 Å². The normalized spacial score (nSPS) is 16.5. The molecule has 0 spiro atoms. The van der Waals surface area contributed by atoms with Crippen LogP contribution in [0.3, 0.4) is 0 Å². The SMILES string of the molecule is CN(C(=O)Oc1c(/C(C=NCCOCC2CCCO2)=C/N)cc(C(F)(F)F)cc1C(F)(F)F)c1ccc(F)cc1. The quantitative estimate of drug-likeness (QED) is 0.222. The highest BCUT2D eigenvalue weighted by molar-refractivity contribution is 6.11. The van der Waals surface area contributed by atoms with Crippen LogP contribution in [0.15, 0.2) is 47.6 Å². The topological polar surface area (TPSA) is 86.4 Å².